The van der Waals surface area contributed by atoms with Crippen LogP contribution in [0, 0.1) is 0 Å². The molecule has 0 aromatic carbocycles. The Bertz CT molecular complexity index is 384. The Balaban J connectivity index is 1.75. The summed E-state index contributed by atoms with van der Waals surface area (Å²) in [5.41, 5.74) is 1.07. The van der Waals surface area contributed by atoms with Crippen molar-refractivity contribution in [2.24, 2.45) is 0 Å². The van der Waals surface area contributed by atoms with Crippen LogP contribution in [0.15, 0.2) is 10.8 Å². The molecule has 2 heterocycles. The highest BCUT2D eigenvalue weighted by molar-refractivity contribution is 5.11. The van der Waals surface area contributed by atoms with Gasteiger partial charge in [0, 0.05) is 38.8 Å². The SMILES string of the molecule is CC(C)c1ocnc1CN1CCC(OCCCO)CC1. The van der Waals surface area contributed by atoms with Crippen LogP contribution in [0.25, 0.3) is 0 Å². The van der Waals surface area contributed by atoms with Gasteiger partial charge < -0.3 is 14.3 Å². The predicted octanol–water partition coefficient (Wildman–Crippen LogP) is 2.16. The van der Waals surface area contributed by atoms with Crippen molar-refractivity contribution in [2.75, 3.05) is 26.3 Å². The molecule has 0 atom stereocenters. The number of rotatable bonds is 7. The second-order valence-electron chi connectivity index (χ2n) is 5.74. The highest BCUT2D eigenvalue weighted by atomic mass is 16.5. The molecule has 0 amide bonds. The third kappa shape index (κ3) is 4.30. The molecular weight excluding hydrogens is 256 g/mol. The molecule has 0 bridgehead atoms. The van der Waals surface area contributed by atoms with Gasteiger partial charge in [0.2, 0.25) is 0 Å². The van der Waals surface area contributed by atoms with E-state index >= 15 is 0 Å². The van der Waals surface area contributed by atoms with Gasteiger partial charge in [-0.2, -0.15) is 0 Å². The van der Waals surface area contributed by atoms with Gasteiger partial charge in [0.05, 0.1) is 11.8 Å². The summed E-state index contributed by atoms with van der Waals surface area (Å²) in [4.78, 5) is 6.76. The Kier molecular flexibility index (Phi) is 6.01. The number of aliphatic hydroxyl groups is 1. The molecule has 1 N–H and O–H groups in total. The number of piperidine rings is 1. The number of hydrogen-bond acceptors (Lipinski definition) is 5. The normalized spacial score (nSPS) is 18.0. The zero-order valence-electron chi connectivity index (χ0n) is 12.5. The third-order valence-corrected chi connectivity index (χ3v) is 3.76. The summed E-state index contributed by atoms with van der Waals surface area (Å²) in [6, 6.07) is 0. The molecule has 5 heteroatoms. The van der Waals surface area contributed by atoms with Crippen molar-refractivity contribution in [3.05, 3.63) is 17.8 Å². The molecule has 0 saturated carbocycles. The first-order valence-electron chi connectivity index (χ1n) is 7.57. The van der Waals surface area contributed by atoms with E-state index in [9.17, 15) is 0 Å². The van der Waals surface area contributed by atoms with E-state index in [0.29, 0.717) is 18.6 Å². The summed E-state index contributed by atoms with van der Waals surface area (Å²) in [6.45, 7) is 8.08. The fourth-order valence-electron chi connectivity index (χ4n) is 2.63. The Morgan fingerprint density at radius 3 is 2.85 bits per heavy atom. The summed E-state index contributed by atoms with van der Waals surface area (Å²) in [5.74, 6) is 1.39. The fourth-order valence-corrected chi connectivity index (χ4v) is 2.63. The van der Waals surface area contributed by atoms with Crippen molar-refractivity contribution in [2.45, 2.75) is 51.7 Å². The first-order valence-corrected chi connectivity index (χ1v) is 7.57. The summed E-state index contributed by atoms with van der Waals surface area (Å²) < 4.78 is 11.2. The smallest absolute Gasteiger partial charge is 0.181 e. The maximum absolute atomic E-state index is 8.75. The molecule has 1 aromatic rings. The lowest BCUT2D eigenvalue weighted by atomic mass is 10.1. The number of aromatic nitrogens is 1. The van der Waals surface area contributed by atoms with Crippen molar-refractivity contribution < 1.29 is 14.3 Å². The average Bonchev–Trinajstić information content (AvgIpc) is 2.89. The number of hydrogen-bond donors (Lipinski definition) is 1. The lowest BCUT2D eigenvalue weighted by Crippen LogP contribution is -2.37. The van der Waals surface area contributed by atoms with Gasteiger partial charge in [0.25, 0.3) is 0 Å². The van der Waals surface area contributed by atoms with Crippen molar-refractivity contribution in [1.82, 2.24) is 9.88 Å². The molecule has 1 aromatic heterocycles. The van der Waals surface area contributed by atoms with E-state index in [-0.39, 0.29) is 6.61 Å². The molecule has 5 nitrogen and oxygen atoms in total. The molecule has 1 fully saturated rings. The summed E-state index contributed by atoms with van der Waals surface area (Å²) >= 11 is 0. The highest BCUT2D eigenvalue weighted by Crippen LogP contribution is 2.22. The van der Waals surface area contributed by atoms with Gasteiger partial charge in [-0.3, -0.25) is 4.90 Å². The molecular formula is C15H26N2O3. The topological polar surface area (TPSA) is 58.7 Å². The van der Waals surface area contributed by atoms with E-state index in [2.05, 4.69) is 23.7 Å². The molecule has 0 aliphatic carbocycles. The Hall–Kier alpha value is -0.910. The molecule has 1 aliphatic rings. The van der Waals surface area contributed by atoms with Gasteiger partial charge in [-0.15, -0.1) is 0 Å². The average molecular weight is 282 g/mol. The van der Waals surface area contributed by atoms with Gasteiger partial charge in [-0.25, -0.2) is 4.98 Å². The first-order chi connectivity index (χ1) is 9.70. The molecule has 2 rings (SSSR count). The van der Waals surface area contributed by atoms with E-state index in [4.69, 9.17) is 14.3 Å². The van der Waals surface area contributed by atoms with Crippen LogP contribution in [0.1, 0.15) is 50.5 Å². The summed E-state index contributed by atoms with van der Waals surface area (Å²) in [5, 5.41) is 8.75. The predicted molar refractivity (Wildman–Crippen MR) is 76.5 cm³/mol. The Morgan fingerprint density at radius 2 is 2.20 bits per heavy atom. The Morgan fingerprint density at radius 1 is 1.45 bits per heavy atom. The molecule has 1 aliphatic heterocycles. The van der Waals surface area contributed by atoms with Crippen molar-refractivity contribution in [3.8, 4) is 0 Å². The number of oxazole rings is 1. The quantitative estimate of drug-likeness (QED) is 0.777. The number of likely N-dealkylation sites (tertiary alicyclic amines) is 1. The minimum absolute atomic E-state index is 0.211. The first kappa shape index (κ1) is 15.5. The Labute approximate surface area is 120 Å². The molecule has 0 spiro atoms. The standard InChI is InChI=1S/C15H26N2O3/c1-12(2)15-14(16-11-20-15)10-17-6-4-13(5-7-17)19-9-3-8-18/h11-13,18H,3-10H2,1-2H3. The minimum atomic E-state index is 0.211. The van der Waals surface area contributed by atoms with E-state index in [1.807, 2.05) is 0 Å². The maximum Gasteiger partial charge on any atom is 0.181 e. The van der Waals surface area contributed by atoms with Crippen molar-refractivity contribution in [3.63, 3.8) is 0 Å². The second-order valence-corrected chi connectivity index (χ2v) is 5.74. The van der Waals surface area contributed by atoms with Gasteiger partial charge in [-0.05, 0) is 19.3 Å². The van der Waals surface area contributed by atoms with Crippen LogP contribution in [0.4, 0.5) is 0 Å². The van der Waals surface area contributed by atoms with Crippen LogP contribution in [0.2, 0.25) is 0 Å². The number of ether oxygens (including phenoxy) is 1. The largest absolute Gasteiger partial charge is 0.448 e. The van der Waals surface area contributed by atoms with Crippen LogP contribution < -0.4 is 0 Å². The van der Waals surface area contributed by atoms with Crippen molar-refractivity contribution in [1.29, 1.82) is 0 Å². The number of aliphatic hydroxyl groups excluding tert-OH is 1. The van der Waals surface area contributed by atoms with E-state index in [0.717, 1.165) is 50.4 Å². The van der Waals surface area contributed by atoms with Gasteiger partial charge in [-0.1, -0.05) is 13.8 Å². The van der Waals surface area contributed by atoms with Crippen LogP contribution in [0.3, 0.4) is 0 Å². The van der Waals surface area contributed by atoms with Gasteiger partial charge >= 0.3 is 0 Å². The van der Waals surface area contributed by atoms with E-state index in [1.54, 1.807) is 6.39 Å². The highest BCUT2D eigenvalue weighted by Gasteiger charge is 2.22. The van der Waals surface area contributed by atoms with Crippen LogP contribution in [-0.4, -0.2) is 47.4 Å². The zero-order chi connectivity index (χ0) is 14.4. The third-order valence-electron chi connectivity index (χ3n) is 3.76. The monoisotopic (exact) mass is 282 g/mol. The summed E-state index contributed by atoms with van der Waals surface area (Å²) in [6.07, 6.45) is 4.74. The molecule has 114 valence electrons. The molecule has 1 saturated heterocycles. The van der Waals surface area contributed by atoms with Crippen LogP contribution in [-0.2, 0) is 11.3 Å². The van der Waals surface area contributed by atoms with E-state index in [1.165, 1.54) is 0 Å². The van der Waals surface area contributed by atoms with Crippen LogP contribution >= 0.6 is 0 Å². The van der Waals surface area contributed by atoms with Crippen molar-refractivity contribution >= 4 is 0 Å². The number of nitrogens with zero attached hydrogens (tertiary/aromatic N) is 2. The second kappa shape index (κ2) is 7.76. The minimum Gasteiger partial charge on any atom is -0.448 e. The fraction of sp³-hybridized carbons (Fsp3) is 0.800. The maximum atomic E-state index is 8.75. The lowest BCUT2D eigenvalue weighted by Gasteiger charge is -2.31. The van der Waals surface area contributed by atoms with Crippen LogP contribution in [0.5, 0.6) is 0 Å². The molecule has 0 unspecified atom stereocenters. The summed E-state index contributed by atoms with van der Waals surface area (Å²) in [7, 11) is 0. The van der Waals surface area contributed by atoms with Gasteiger partial charge in [0.15, 0.2) is 6.39 Å². The van der Waals surface area contributed by atoms with E-state index < -0.39 is 0 Å². The lowest BCUT2D eigenvalue weighted by molar-refractivity contribution is 0.000507. The molecule has 20 heavy (non-hydrogen) atoms. The molecule has 0 radical (unpaired) electrons. The zero-order valence-corrected chi connectivity index (χ0v) is 12.5. The van der Waals surface area contributed by atoms with Gasteiger partial charge in [0.1, 0.15) is 5.76 Å².